The average molecular weight is 366 g/mol. The molecule has 132 valence electrons. The first-order chi connectivity index (χ1) is 12.5. The summed E-state index contributed by atoms with van der Waals surface area (Å²) >= 11 is 0.860. The largest absolute Gasteiger partial charge is 0.350 e. The van der Waals surface area contributed by atoms with E-state index in [0.717, 1.165) is 33.4 Å². The zero-order valence-corrected chi connectivity index (χ0v) is 15.1. The normalized spacial score (nSPS) is 15.6. The van der Waals surface area contributed by atoms with Crippen LogP contribution in [0.3, 0.4) is 0 Å². The van der Waals surface area contributed by atoms with E-state index in [0.29, 0.717) is 11.4 Å². The van der Waals surface area contributed by atoms with Crippen LogP contribution in [0.4, 0.5) is 4.79 Å². The van der Waals surface area contributed by atoms with Crippen LogP contribution in [0.2, 0.25) is 0 Å². The number of hydrogen-bond donors (Lipinski definition) is 1. The highest BCUT2D eigenvalue weighted by Crippen LogP contribution is 2.32. The van der Waals surface area contributed by atoms with Crippen molar-refractivity contribution in [3.05, 3.63) is 76.2 Å². The summed E-state index contributed by atoms with van der Waals surface area (Å²) in [7, 11) is 0. The van der Waals surface area contributed by atoms with Crippen LogP contribution in [0.15, 0.2) is 59.5 Å². The van der Waals surface area contributed by atoms with E-state index in [-0.39, 0.29) is 12.5 Å². The van der Waals surface area contributed by atoms with Crippen molar-refractivity contribution in [1.29, 1.82) is 0 Å². The van der Waals surface area contributed by atoms with Gasteiger partial charge in [0.1, 0.15) is 6.54 Å². The van der Waals surface area contributed by atoms with Crippen LogP contribution >= 0.6 is 11.8 Å². The minimum absolute atomic E-state index is 0.275. The van der Waals surface area contributed by atoms with Crippen molar-refractivity contribution < 1.29 is 14.4 Å². The minimum Gasteiger partial charge on any atom is -0.350 e. The summed E-state index contributed by atoms with van der Waals surface area (Å²) in [5.41, 5.74) is 2.85. The summed E-state index contributed by atoms with van der Waals surface area (Å²) in [4.78, 5) is 38.0. The number of amides is 3. The molecule has 0 radical (unpaired) electrons. The topological polar surface area (TPSA) is 66.5 Å². The van der Waals surface area contributed by atoms with E-state index in [2.05, 4.69) is 5.32 Å². The number of aryl methyl sites for hydroxylation is 1. The number of imide groups is 1. The van der Waals surface area contributed by atoms with Gasteiger partial charge in [0.2, 0.25) is 5.91 Å². The van der Waals surface area contributed by atoms with E-state index in [1.54, 1.807) is 6.08 Å². The second-order valence-electron chi connectivity index (χ2n) is 5.89. The van der Waals surface area contributed by atoms with Gasteiger partial charge < -0.3 is 5.32 Å². The lowest BCUT2D eigenvalue weighted by Crippen LogP contribution is -2.39. The molecule has 1 aliphatic rings. The molecule has 1 saturated heterocycles. The standard InChI is InChI=1S/C20H18N2O3S/c1-14-7-5-6-10-16(14)11-17-19(24)22(20(25)26-17)13-18(23)21-12-15-8-3-2-4-9-15/h2-11H,12-13H2,1H3,(H,21,23)/b17-11-. The molecule has 0 atom stereocenters. The predicted molar refractivity (Wildman–Crippen MR) is 102 cm³/mol. The van der Waals surface area contributed by atoms with E-state index < -0.39 is 11.1 Å². The molecular weight excluding hydrogens is 348 g/mol. The van der Waals surface area contributed by atoms with E-state index in [4.69, 9.17) is 0 Å². The smallest absolute Gasteiger partial charge is 0.294 e. The maximum atomic E-state index is 12.5. The number of rotatable bonds is 5. The number of thioether (sulfide) groups is 1. The van der Waals surface area contributed by atoms with Crippen molar-refractivity contribution in [3.8, 4) is 0 Å². The molecule has 0 bridgehead atoms. The van der Waals surface area contributed by atoms with E-state index in [9.17, 15) is 14.4 Å². The van der Waals surface area contributed by atoms with Gasteiger partial charge in [-0.05, 0) is 41.5 Å². The third-order valence-corrected chi connectivity index (χ3v) is 4.89. The Morgan fingerprint density at radius 1 is 1.08 bits per heavy atom. The molecule has 1 heterocycles. The Balaban J connectivity index is 1.64. The Bertz CT molecular complexity index is 878. The molecule has 6 heteroatoms. The van der Waals surface area contributed by atoms with Crippen molar-refractivity contribution in [2.75, 3.05) is 6.54 Å². The van der Waals surface area contributed by atoms with Crippen molar-refractivity contribution in [1.82, 2.24) is 10.2 Å². The number of nitrogens with zero attached hydrogens (tertiary/aromatic N) is 1. The zero-order valence-electron chi connectivity index (χ0n) is 14.3. The maximum Gasteiger partial charge on any atom is 0.294 e. The van der Waals surface area contributed by atoms with Crippen LogP contribution in [0, 0.1) is 6.92 Å². The molecule has 3 amide bonds. The molecule has 2 aromatic rings. The maximum absolute atomic E-state index is 12.5. The molecule has 26 heavy (non-hydrogen) atoms. The van der Waals surface area contributed by atoms with Gasteiger partial charge >= 0.3 is 0 Å². The van der Waals surface area contributed by atoms with Gasteiger partial charge in [-0.1, -0.05) is 54.6 Å². The van der Waals surface area contributed by atoms with Crippen molar-refractivity contribution in [2.24, 2.45) is 0 Å². The quantitative estimate of drug-likeness (QED) is 0.824. The summed E-state index contributed by atoms with van der Waals surface area (Å²) in [5.74, 6) is -0.800. The van der Waals surface area contributed by atoms with Crippen LogP contribution in [0.1, 0.15) is 16.7 Å². The Labute approximate surface area is 156 Å². The van der Waals surface area contributed by atoms with Gasteiger partial charge in [0.25, 0.3) is 11.1 Å². The molecule has 0 aliphatic carbocycles. The molecule has 3 rings (SSSR count). The van der Waals surface area contributed by atoms with Crippen LogP contribution in [-0.4, -0.2) is 28.5 Å². The summed E-state index contributed by atoms with van der Waals surface area (Å²) < 4.78 is 0. The van der Waals surface area contributed by atoms with Gasteiger partial charge in [-0.15, -0.1) is 0 Å². The van der Waals surface area contributed by atoms with E-state index in [1.807, 2.05) is 61.5 Å². The highest BCUT2D eigenvalue weighted by Gasteiger charge is 2.36. The number of carbonyl (C=O) groups excluding carboxylic acids is 3. The molecule has 1 N–H and O–H groups in total. The van der Waals surface area contributed by atoms with Crippen LogP contribution in [0.25, 0.3) is 6.08 Å². The zero-order chi connectivity index (χ0) is 18.5. The first-order valence-electron chi connectivity index (χ1n) is 8.16. The highest BCUT2D eigenvalue weighted by molar-refractivity contribution is 8.18. The van der Waals surface area contributed by atoms with Gasteiger partial charge in [-0.25, -0.2) is 0 Å². The Morgan fingerprint density at radius 2 is 1.77 bits per heavy atom. The molecule has 1 fully saturated rings. The predicted octanol–water partition coefficient (Wildman–Crippen LogP) is 3.35. The van der Waals surface area contributed by atoms with Crippen LogP contribution in [0.5, 0.6) is 0 Å². The van der Waals surface area contributed by atoms with Crippen LogP contribution in [-0.2, 0) is 16.1 Å². The van der Waals surface area contributed by atoms with Gasteiger partial charge in [0.05, 0.1) is 4.91 Å². The van der Waals surface area contributed by atoms with Gasteiger partial charge in [0, 0.05) is 6.54 Å². The van der Waals surface area contributed by atoms with Gasteiger partial charge in [-0.3, -0.25) is 19.3 Å². The first kappa shape index (κ1) is 17.9. The Kier molecular flexibility index (Phi) is 5.53. The minimum atomic E-state index is -0.432. The van der Waals surface area contributed by atoms with E-state index >= 15 is 0 Å². The Morgan fingerprint density at radius 3 is 2.50 bits per heavy atom. The lowest BCUT2D eigenvalue weighted by molar-refractivity contribution is -0.129. The monoisotopic (exact) mass is 366 g/mol. The van der Waals surface area contributed by atoms with Gasteiger partial charge in [-0.2, -0.15) is 0 Å². The second-order valence-corrected chi connectivity index (χ2v) is 6.88. The molecule has 5 nitrogen and oxygen atoms in total. The fourth-order valence-electron chi connectivity index (χ4n) is 2.52. The molecule has 0 saturated carbocycles. The number of nitrogens with one attached hydrogen (secondary N) is 1. The lowest BCUT2D eigenvalue weighted by Gasteiger charge is -2.12. The number of carbonyl (C=O) groups is 3. The number of hydrogen-bond acceptors (Lipinski definition) is 4. The summed E-state index contributed by atoms with van der Waals surface area (Å²) in [5, 5.41) is 2.30. The SMILES string of the molecule is Cc1ccccc1/C=C1\SC(=O)N(CC(=O)NCc2ccccc2)C1=O. The fraction of sp³-hybridized carbons (Fsp3) is 0.150. The van der Waals surface area contributed by atoms with Crippen LogP contribution < -0.4 is 5.32 Å². The summed E-state index contributed by atoms with van der Waals surface area (Å²) in [6.45, 7) is 2.02. The molecule has 1 aliphatic heterocycles. The molecule has 2 aromatic carbocycles. The first-order valence-corrected chi connectivity index (χ1v) is 8.98. The summed E-state index contributed by atoms with van der Waals surface area (Å²) in [6.07, 6.45) is 1.70. The third-order valence-electron chi connectivity index (χ3n) is 3.98. The fourth-order valence-corrected chi connectivity index (χ4v) is 3.35. The molecular formula is C20H18N2O3S. The van der Waals surface area contributed by atoms with E-state index in [1.165, 1.54) is 0 Å². The summed E-state index contributed by atoms with van der Waals surface area (Å²) in [6, 6.07) is 17.1. The van der Waals surface area contributed by atoms with Crippen molar-refractivity contribution in [2.45, 2.75) is 13.5 Å². The lowest BCUT2D eigenvalue weighted by atomic mass is 10.1. The van der Waals surface area contributed by atoms with Gasteiger partial charge in [0.15, 0.2) is 0 Å². The third kappa shape index (κ3) is 4.21. The molecule has 0 aromatic heterocycles. The van der Waals surface area contributed by atoms with Crippen molar-refractivity contribution >= 4 is 34.9 Å². The highest BCUT2D eigenvalue weighted by atomic mass is 32.2. The second kappa shape index (κ2) is 8.01. The number of benzene rings is 2. The average Bonchev–Trinajstić information content (AvgIpc) is 2.90. The Hall–Kier alpha value is -2.86. The molecule has 0 spiro atoms. The van der Waals surface area contributed by atoms with Crippen molar-refractivity contribution in [3.63, 3.8) is 0 Å². The molecule has 0 unspecified atom stereocenters.